The number of rotatable bonds is 7. The maximum absolute atomic E-state index is 12.9. The Kier molecular flexibility index (Phi) is 5.69. The van der Waals surface area contributed by atoms with E-state index in [4.69, 9.17) is 17.3 Å². The van der Waals surface area contributed by atoms with Crippen LogP contribution in [-0.4, -0.2) is 42.8 Å². The van der Waals surface area contributed by atoms with Gasteiger partial charge in [-0.15, -0.1) is 0 Å². The summed E-state index contributed by atoms with van der Waals surface area (Å²) >= 11 is 6.04. The average molecular weight is 462 g/mol. The predicted octanol–water partition coefficient (Wildman–Crippen LogP) is 2.59. The molecule has 0 bridgehead atoms. The summed E-state index contributed by atoms with van der Waals surface area (Å²) in [5.41, 5.74) is 6.01. The van der Waals surface area contributed by atoms with E-state index in [-0.39, 0.29) is 40.0 Å². The Labute approximate surface area is 183 Å². The van der Waals surface area contributed by atoms with E-state index in [0.717, 1.165) is 4.68 Å². The molecule has 0 aliphatic heterocycles. The van der Waals surface area contributed by atoms with E-state index in [2.05, 4.69) is 25.2 Å². The Hall–Kier alpha value is -4.06. The number of fused-ring (bicyclic) bond motifs is 1. The van der Waals surface area contributed by atoms with Gasteiger partial charge >= 0.3 is 6.61 Å². The Morgan fingerprint density at radius 2 is 2.09 bits per heavy atom. The van der Waals surface area contributed by atoms with Crippen molar-refractivity contribution in [2.45, 2.75) is 13.2 Å². The van der Waals surface area contributed by atoms with Gasteiger partial charge in [-0.25, -0.2) is 9.50 Å². The number of amides is 2. The topological polar surface area (TPSA) is 129 Å². The van der Waals surface area contributed by atoms with Gasteiger partial charge in [0.05, 0.1) is 11.9 Å². The zero-order valence-electron chi connectivity index (χ0n) is 16.1. The largest absolute Gasteiger partial charge is 0.434 e. The number of hydrogen-bond donors (Lipinski definition) is 2. The van der Waals surface area contributed by atoms with E-state index in [1.807, 2.05) is 0 Å². The van der Waals surface area contributed by atoms with Crippen LogP contribution in [0, 0.1) is 0 Å². The second-order valence-corrected chi connectivity index (χ2v) is 6.90. The third-order valence-corrected chi connectivity index (χ3v) is 4.49. The molecular weight excluding hydrogens is 448 g/mol. The van der Waals surface area contributed by atoms with Crippen molar-refractivity contribution in [3.8, 4) is 17.0 Å². The number of benzene rings is 1. The molecule has 13 heteroatoms. The fraction of sp³-hybridized carbons (Fsp3) is 0.105. The Balaban J connectivity index is 1.77. The number of carbonyl (C=O) groups is 2. The molecule has 0 saturated carbocycles. The zero-order valence-corrected chi connectivity index (χ0v) is 16.8. The van der Waals surface area contributed by atoms with E-state index >= 15 is 0 Å². The molecule has 4 aromatic rings. The first-order valence-electron chi connectivity index (χ1n) is 9.02. The van der Waals surface area contributed by atoms with Crippen LogP contribution in [0.25, 0.3) is 16.9 Å². The molecule has 0 spiro atoms. The average Bonchev–Trinajstić information content (AvgIpc) is 3.32. The lowest BCUT2D eigenvalue weighted by Crippen LogP contribution is -2.19. The summed E-state index contributed by atoms with van der Waals surface area (Å²) in [6, 6.07) is 7.30. The second kappa shape index (κ2) is 8.59. The summed E-state index contributed by atoms with van der Waals surface area (Å²) in [6.45, 7) is -3.42. The van der Waals surface area contributed by atoms with Gasteiger partial charge in [-0.05, 0) is 30.3 Å². The minimum Gasteiger partial charge on any atom is -0.434 e. The molecule has 164 valence electrons. The summed E-state index contributed by atoms with van der Waals surface area (Å²) < 4.78 is 32.9. The van der Waals surface area contributed by atoms with Crippen molar-refractivity contribution in [2.24, 2.45) is 5.73 Å². The Bertz CT molecular complexity index is 1320. The number of nitrogens with two attached hydrogens (primary N) is 1. The SMILES string of the molecule is NC(=O)Cn1cc(NC(=O)c2cnc3cccnn23)c(-c2cc(Cl)ccc2OC(F)F)n1. The molecule has 1 aromatic carbocycles. The summed E-state index contributed by atoms with van der Waals surface area (Å²) in [7, 11) is 0. The molecule has 3 heterocycles. The number of aromatic nitrogens is 5. The molecule has 0 saturated heterocycles. The molecule has 3 N–H and O–H groups in total. The quantitative estimate of drug-likeness (QED) is 0.435. The Morgan fingerprint density at radius 1 is 1.28 bits per heavy atom. The predicted molar refractivity (Wildman–Crippen MR) is 109 cm³/mol. The first kappa shape index (κ1) is 21.2. The summed E-state index contributed by atoms with van der Waals surface area (Å²) in [5, 5.41) is 11.1. The number of nitrogens with one attached hydrogen (secondary N) is 1. The molecule has 4 rings (SSSR count). The number of halogens is 3. The summed E-state index contributed by atoms with van der Waals surface area (Å²) in [5.74, 6) is -1.52. The van der Waals surface area contributed by atoms with Crippen molar-refractivity contribution in [2.75, 3.05) is 5.32 Å². The van der Waals surface area contributed by atoms with Crippen LogP contribution in [0.1, 0.15) is 10.5 Å². The number of carbonyl (C=O) groups excluding carboxylic acids is 2. The molecule has 0 atom stereocenters. The van der Waals surface area contributed by atoms with Crippen molar-refractivity contribution >= 4 is 34.7 Å². The maximum atomic E-state index is 12.9. The normalized spacial score (nSPS) is 11.1. The number of nitrogens with zero attached hydrogens (tertiary/aromatic N) is 5. The lowest BCUT2D eigenvalue weighted by atomic mass is 10.1. The van der Waals surface area contributed by atoms with Crippen LogP contribution in [0.5, 0.6) is 5.75 Å². The van der Waals surface area contributed by atoms with Crippen molar-refractivity contribution in [1.82, 2.24) is 24.4 Å². The number of ether oxygens (including phenoxy) is 1. The zero-order chi connectivity index (χ0) is 22.8. The summed E-state index contributed by atoms with van der Waals surface area (Å²) in [4.78, 5) is 28.4. The molecule has 0 aliphatic carbocycles. The van der Waals surface area contributed by atoms with Crippen LogP contribution in [0.4, 0.5) is 14.5 Å². The van der Waals surface area contributed by atoms with Crippen LogP contribution in [0.15, 0.2) is 48.9 Å². The van der Waals surface area contributed by atoms with Gasteiger partial charge in [-0.1, -0.05) is 11.6 Å². The number of primary amides is 1. The van der Waals surface area contributed by atoms with E-state index in [1.54, 1.807) is 12.1 Å². The van der Waals surface area contributed by atoms with Gasteiger partial charge in [-0.2, -0.15) is 19.0 Å². The van der Waals surface area contributed by atoms with Gasteiger partial charge in [0.15, 0.2) is 11.3 Å². The third-order valence-electron chi connectivity index (χ3n) is 4.25. The Morgan fingerprint density at radius 3 is 2.84 bits per heavy atom. The minimum absolute atomic E-state index is 0.0412. The van der Waals surface area contributed by atoms with Gasteiger partial charge in [0.1, 0.15) is 18.0 Å². The van der Waals surface area contributed by atoms with Gasteiger partial charge in [-0.3, -0.25) is 14.3 Å². The highest BCUT2D eigenvalue weighted by atomic mass is 35.5. The van der Waals surface area contributed by atoms with Crippen LogP contribution in [0.2, 0.25) is 5.02 Å². The highest BCUT2D eigenvalue weighted by Crippen LogP contribution is 2.37. The molecule has 0 fully saturated rings. The molecule has 0 aliphatic rings. The number of anilines is 1. The van der Waals surface area contributed by atoms with Gasteiger partial charge < -0.3 is 15.8 Å². The third kappa shape index (κ3) is 4.34. The smallest absolute Gasteiger partial charge is 0.387 e. The van der Waals surface area contributed by atoms with Crippen molar-refractivity contribution < 1.29 is 23.1 Å². The van der Waals surface area contributed by atoms with Crippen molar-refractivity contribution in [3.05, 3.63) is 59.6 Å². The standard InChI is InChI=1S/C19H14ClF2N7O3/c20-10-3-4-14(32-19(21)22)11(6-10)17-12(8-28(27-17)9-15(23)30)26-18(31)13-7-24-16-2-1-5-25-29(13)16/h1-8,19H,9H2,(H2,23,30)(H,26,31). The highest BCUT2D eigenvalue weighted by Gasteiger charge is 2.22. The van der Waals surface area contributed by atoms with Gasteiger partial charge in [0, 0.05) is 23.0 Å². The van der Waals surface area contributed by atoms with E-state index < -0.39 is 18.4 Å². The van der Waals surface area contributed by atoms with Crippen LogP contribution in [0.3, 0.4) is 0 Å². The fourth-order valence-electron chi connectivity index (χ4n) is 3.01. The highest BCUT2D eigenvalue weighted by molar-refractivity contribution is 6.31. The summed E-state index contributed by atoms with van der Waals surface area (Å²) in [6.07, 6.45) is 4.15. The number of imidazole rings is 1. The van der Waals surface area contributed by atoms with Crippen molar-refractivity contribution in [3.63, 3.8) is 0 Å². The van der Waals surface area contributed by atoms with E-state index in [0.29, 0.717) is 5.65 Å². The maximum Gasteiger partial charge on any atom is 0.387 e. The fourth-order valence-corrected chi connectivity index (χ4v) is 3.18. The molecule has 10 nitrogen and oxygen atoms in total. The monoisotopic (exact) mass is 461 g/mol. The molecule has 2 amide bonds. The molecule has 0 unspecified atom stereocenters. The first-order chi connectivity index (χ1) is 15.3. The lowest BCUT2D eigenvalue weighted by Gasteiger charge is -2.11. The molecular formula is C19H14ClF2N7O3. The second-order valence-electron chi connectivity index (χ2n) is 6.47. The molecule has 0 radical (unpaired) electrons. The molecule has 32 heavy (non-hydrogen) atoms. The van der Waals surface area contributed by atoms with Crippen LogP contribution in [-0.2, 0) is 11.3 Å². The number of alkyl halides is 2. The van der Waals surface area contributed by atoms with E-state index in [1.165, 1.54) is 41.3 Å². The van der Waals surface area contributed by atoms with E-state index in [9.17, 15) is 18.4 Å². The van der Waals surface area contributed by atoms with Crippen LogP contribution >= 0.6 is 11.6 Å². The lowest BCUT2D eigenvalue weighted by molar-refractivity contribution is -0.118. The molecule has 3 aromatic heterocycles. The van der Waals surface area contributed by atoms with Gasteiger partial charge in [0.2, 0.25) is 5.91 Å². The van der Waals surface area contributed by atoms with Crippen molar-refractivity contribution in [1.29, 1.82) is 0 Å². The minimum atomic E-state index is -3.11. The van der Waals surface area contributed by atoms with Gasteiger partial charge in [0.25, 0.3) is 5.91 Å². The number of hydrogen-bond acceptors (Lipinski definition) is 6. The van der Waals surface area contributed by atoms with Crippen LogP contribution < -0.4 is 15.8 Å². The first-order valence-corrected chi connectivity index (χ1v) is 9.40.